The fraction of sp³-hybridized carbons (Fsp3) is 0.455. The molecule has 0 radical (unpaired) electrons. The number of aliphatic hydroxyl groups is 1. The van der Waals surface area contributed by atoms with E-state index in [1.165, 1.54) is 17.8 Å². The highest BCUT2D eigenvalue weighted by Crippen LogP contribution is 2.07. The van der Waals surface area contributed by atoms with Crippen LogP contribution in [0.2, 0.25) is 0 Å². The Kier molecular flexibility index (Phi) is 4.50. The Labute approximate surface area is 118 Å². The van der Waals surface area contributed by atoms with E-state index in [-0.39, 0.29) is 37.1 Å². The Morgan fingerprint density at radius 2 is 2.38 bits per heavy atom. The van der Waals surface area contributed by atoms with Gasteiger partial charge in [-0.15, -0.1) is 0 Å². The number of nitrogens with one attached hydrogen (secondary N) is 1. The van der Waals surface area contributed by atoms with Crippen LogP contribution < -0.4 is 11.3 Å². The maximum atomic E-state index is 11.6. The number of nitrogens with two attached hydrogens (primary N) is 1. The maximum absolute atomic E-state index is 11.6. The van der Waals surface area contributed by atoms with Gasteiger partial charge in [-0.1, -0.05) is 0 Å². The van der Waals surface area contributed by atoms with Gasteiger partial charge >= 0.3 is 5.97 Å². The van der Waals surface area contributed by atoms with Crippen molar-refractivity contribution in [2.45, 2.75) is 19.8 Å². The second kappa shape index (κ2) is 6.33. The maximum Gasteiger partial charge on any atom is 0.302 e. The van der Waals surface area contributed by atoms with Gasteiger partial charge in [0.15, 0.2) is 11.2 Å². The van der Waals surface area contributed by atoms with Gasteiger partial charge in [0.1, 0.15) is 19.4 Å². The van der Waals surface area contributed by atoms with Crippen LogP contribution in [0.1, 0.15) is 6.92 Å². The Balaban J connectivity index is 2.09. The number of esters is 1. The quantitative estimate of drug-likeness (QED) is 0.552. The van der Waals surface area contributed by atoms with E-state index in [1.807, 2.05) is 0 Å². The first-order chi connectivity index (χ1) is 10.0. The van der Waals surface area contributed by atoms with Crippen molar-refractivity contribution in [2.75, 3.05) is 18.9 Å². The molecule has 114 valence electrons. The second-order valence-electron chi connectivity index (χ2n) is 4.24. The fourth-order valence-electron chi connectivity index (χ4n) is 1.61. The minimum Gasteiger partial charge on any atom is -0.463 e. The van der Waals surface area contributed by atoms with Gasteiger partial charge in [0.25, 0.3) is 5.56 Å². The monoisotopic (exact) mass is 297 g/mol. The third-order valence-corrected chi connectivity index (χ3v) is 2.62. The van der Waals surface area contributed by atoms with E-state index < -0.39 is 17.6 Å². The molecule has 10 nitrogen and oxygen atoms in total. The molecule has 0 saturated carbocycles. The van der Waals surface area contributed by atoms with Gasteiger partial charge in [0, 0.05) is 6.92 Å². The van der Waals surface area contributed by atoms with Gasteiger partial charge < -0.3 is 20.3 Å². The number of hydrogen-bond acceptors (Lipinski definition) is 8. The third kappa shape index (κ3) is 3.55. The van der Waals surface area contributed by atoms with Gasteiger partial charge in [-0.25, -0.2) is 4.98 Å². The van der Waals surface area contributed by atoms with Crippen LogP contribution in [0.3, 0.4) is 0 Å². The Bertz CT molecular complexity index is 694. The molecule has 0 aliphatic rings. The highest BCUT2D eigenvalue weighted by molar-refractivity contribution is 5.70. The number of nitrogens with zero attached hydrogens (tertiary/aromatic N) is 3. The van der Waals surface area contributed by atoms with E-state index in [2.05, 4.69) is 15.0 Å². The normalized spacial score (nSPS) is 12.5. The van der Waals surface area contributed by atoms with Gasteiger partial charge in [0.05, 0.1) is 12.9 Å². The molecule has 2 heterocycles. The van der Waals surface area contributed by atoms with Crippen molar-refractivity contribution >= 4 is 23.1 Å². The summed E-state index contributed by atoms with van der Waals surface area (Å²) >= 11 is 0. The average molecular weight is 297 g/mol. The predicted octanol–water partition coefficient (Wildman–Crippen LogP) is -1.40. The van der Waals surface area contributed by atoms with E-state index in [0.29, 0.717) is 0 Å². The summed E-state index contributed by atoms with van der Waals surface area (Å²) in [4.78, 5) is 32.5. The van der Waals surface area contributed by atoms with E-state index in [0.717, 1.165) is 0 Å². The molecule has 0 bridgehead atoms. The van der Waals surface area contributed by atoms with Crippen LogP contribution in [0.4, 0.5) is 5.95 Å². The number of hydrogen-bond donors (Lipinski definition) is 3. The molecule has 0 aromatic carbocycles. The summed E-state index contributed by atoms with van der Waals surface area (Å²) in [5.41, 5.74) is 5.42. The van der Waals surface area contributed by atoms with Crippen LogP contribution >= 0.6 is 0 Å². The molecule has 0 saturated heterocycles. The van der Waals surface area contributed by atoms with E-state index in [4.69, 9.17) is 20.3 Å². The van der Waals surface area contributed by atoms with Crippen molar-refractivity contribution in [3.63, 3.8) is 0 Å². The Morgan fingerprint density at radius 1 is 1.62 bits per heavy atom. The number of aromatic nitrogens is 4. The van der Waals surface area contributed by atoms with Crippen molar-refractivity contribution in [1.29, 1.82) is 0 Å². The molecule has 0 amide bonds. The topological polar surface area (TPSA) is 145 Å². The van der Waals surface area contributed by atoms with Crippen molar-refractivity contribution in [2.24, 2.45) is 0 Å². The zero-order valence-corrected chi connectivity index (χ0v) is 11.3. The average Bonchev–Trinajstić information content (AvgIpc) is 2.82. The second-order valence-corrected chi connectivity index (χ2v) is 4.24. The summed E-state index contributed by atoms with van der Waals surface area (Å²) in [6.45, 7) is 0.834. The van der Waals surface area contributed by atoms with Crippen LogP contribution in [0.5, 0.6) is 0 Å². The lowest BCUT2D eigenvalue weighted by Crippen LogP contribution is -2.26. The van der Waals surface area contributed by atoms with Crippen LogP contribution in [-0.4, -0.2) is 49.9 Å². The SMILES string of the molecule is CC(=O)OC[C@H](CO)OCn1cnc2c(=O)[nH]c(N)nc21. The number of anilines is 1. The molecule has 0 aliphatic heterocycles. The van der Waals surface area contributed by atoms with Gasteiger partial charge in [-0.3, -0.25) is 19.1 Å². The predicted molar refractivity (Wildman–Crippen MR) is 71.2 cm³/mol. The molecular weight excluding hydrogens is 282 g/mol. The Morgan fingerprint density at radius 3 is 3.05 bits per heavy atom. The number of aromatic amines is 1. The summed E-state index contributed by atoms with van der Waals surface area (Å²) in [5.74, 6) is -0.501. The van der Waals surface area contributed by atoms with E-state index in [9.17, 15) is 9.59 Å². The molecule has 0 fully saturated rings. The van der Waals surface area contributed by atoms with Crippen LogP contribution in [0, 0.1) is 0 Å². The summed E-state index contributed by atoms with van der Waals surface area (Å²) in [6, 6.07) is 0. The lowest BCUT2D eigenvalue weighted by molar-refractivity contribution is -0.147. The molecule has 21 heavy (non-hydrogen) atoms. The van der Waals surface area contributed by atoms with Gasteiger partial charge in [-0.2, -0.15) is 4.98 Å². The highest BCUT2D eigenvalue weighted by Gasteiger charge is 2.13. The fourth-order valence-corrected chi connectivity index (χ4v) is 1.61. The lowest BCUT2D eigenvalue weighted by Gasteiger charge is -2.15. The summed E-state index contributed by atoms with van der Waals surface area (Å²) in [6.07, 6.45) is 0.678. The first-order valence-electron chi connectivity index (χ1n) is 6.07. The first kappa shape index (κ1) is 14.9. The molecule has 2 aromatic rings. The summed E-state index contributed by atoms with van der Waals surface area (Å²) in [5, 5.41) is 9.14. The van der Waals surface area contributed by atoms with E-state index >= 15 is 0 Å². The first-order valence-corrected chi connectivity index (χ1v) is 6.07. The lowest BCUT2D eigenvalue weighted by atomic mass is 10.4. The van der Waals surface area contributed by atoms with Crippen molar-refractivity contribution in [3.8, 4) is 0 Å². The van der Waals surface area contributed by atoms with Gasteiger partial charge in [0.2, 0.25) is 5.95 Å². The zero-order valence-electron chi connectivity index (χ0n) is 11.3. The number of carbonyl (C=O) groups excluding carboxylic acids is 1. The van der Waals surface area contributed by atoms with Crippen molar-refractivity contribution in [3.05, 3.63) is 16.7 Å². The smallest absolute Gasteiger partial charge is 0.302 e. The molecule has 2 aromatic heterocycles. The van der Waals surface area contributed by atoms with Crippen LogP contribution in [-0.2, 0) is 21.0 Å². The number of carbonyl (C=O) groups is 1. The minimum absolute atomic E-state index is 0.0289. The number of fused-ring (bicyclic) bond motifs is 1. The summed E-state index contributed by atoms with van der Waals surface area (Å²) in [7, 11) is 0. The number of rotatable bonds is 6. The number of imidazole rings is 1. The highest BCUT2D eigenvalue weighted by atomic mass is 16.6. The molecule has 4 N–H and O–H groups in total. The zero-order chi connectivity index (χ0) is 15.4. The number of H-pyrrole nitrogens is 1. The van der Waals surface area contributed by atoms with E-state index in [1.54, 1.807) is 0 Å². The number of ether oxygens (including phenoxy) is 2. The van der Waals surface area contributed by atoms with Crippen molar-refractivity contribution < 1.29 is 19.4 Å². The van der Waals surface area contributed by atoms with Crippen LogP contribution in [0.25, 0.3) is 11.2 Å². The minimum atomic E-state index is -0.689. The molecule has 10 heteroatoms. The molecule has 0 spiro atoms. The summed E-state index contributed by atoms with van der Waals surface area (Å²) < 4.78 is 11.6. The standard InChI is InChI=1S/C11H15N5O5/c1-6(18)20-3-7(2-17)21-5-16-4-13-8-9(16)14-11(12)15-10(8)19/h4,7,17H,2-3,5H2,1H3,(H3,12,14,15,19)/t7-/m0/s1. The number of aliphatic hydroxyl groups excluding tert-OH is 1. The number of nitrogen functional groups attached to an aromatic ring is 1. The van der Waals surface area contributed by atoms with Crippen molar-refractivity contribution in [1.82, 2.24) is 19.5 Å². The van der Waals surface area contributed by atoms with Gasteiger partial charge in [-0.05, 0) is 0 Å². The Hall–Kier alpha value is -2.46. The third-order valence-electron chi connectivity index (χ3n) is 2.62. The molecule has 0 aliphatic carbocycles. The molecule has 2 rings (SSSR count). The van der Waals surface area contributed by atoms with Crippen LogP contribution in [0.15, 0.2) is 11.1 Å². The molecule has 1 atom stereocenters. The largest absolute Gasteiger partial charge is 0.463 e. The molecular formula is C11H15N5O5. The molecule has 0 unspecified atom stereocenters.